The summed E-state index contributed by atoms with van der Waals surface area (Å²) in [6.45, 7) is 3.88. The second kappa shape index (κ2) is 8.92. The minimum atomic E-state index is -0.251. The van der Waals surface area contributed by atoms with Crippen molar-refractivity contribution in [2.24, 2.45) is 0 Å². The van der Waals surface area contributed by atoms with Gasteiger partial charge < -0.3 is 5.32 Å². The Kier molecular flexibility index (Phi) is 6.90. The molecule has 2 aromatic carbocycles. The minimum absolute atomic E-state index is 0.152. The normalized spacial score (nSPS) is 11.5. The van der Waals surface area contributed by atoms with E-state index in [0.717, 1.165) is 10.6 Å². The van der Waals surface area contributed by atoms with Crippen molar-refractivity contribution in [3.63, 3.8) is 0 Å². The highest BCUT2D eigenvalue weighted by Gasteiger charge is 2.14. The van der Waals surface area contributed by atoms with Crippen molar-refractivity contribution < 1.29 is 4.79 Å². The molecule has 0 heterocycles. The summed E-state index contributed by atoms with van der Waals surface area (Å²) in [5, 5.41) is 3.66. The quantitative estimate of drug-likeness (QED) is 0.423. The molecule has 0 radical (unpaired) electrons. The number of hydrazine groups is 1. The van der Waals surface area contributed by atoms with Gasteiger partial charge in [-0.1, -0.05) is 29.3 Å². The molecule has 1 atom stereocenters. The van der Waals surface area contributed by atoms with Crippen LogP contribution < -0.4 is 16.2 Å². The predicted molar refractivity (Wildman–Crippen MR) is 105 cm³/mol. The van der Waals surface area contributed by atoms with Crippen LogP contribution in [0.15, 0.2) is 53.4 Å². The first kappa shape index (κ1) is 18.6. The number of carbonyl (C=O) groups excluding carboxylic acids is 1. The first-order valence-corrected chi connectivity index (χ1v) is 8.96. The van der Waals surface area contributed by atoms with E-state index in [4.69, 9.17) is 23.8 Å². The highest BCUT2D eigenvalue weighted by atomic mass is 35.5. The van der Waals surface area contributed by atoms with Crippen LogP contribution in [-0.2, 0) is 4.79 Å². The molecular weight excluding hydrogens is 362 g/mol. The van der Waals surface area contributed by atoms with Crippen molar-refractivity contribution in [1.29, 1.82) is 0 Å². The first-order chi connectivity index (χ1) is 11.4. The summed E-state index contributed by atoms with van der Waals surface area (Å²) in [7, 11) is 0. The molecular formula is C17H18ClN3OS2. The molecule has 0 bridgehead atoms. The van der Waals surface area contributed by atoms with Crippen molar-refractivity contribution in [2.75, 3.05) is 5.32 Å². The van der Waals surface area contributed by atoms with E-state index < -0.39 is 0 Å². The van der Waals surface area contributed by atoms with Crippen LogP contribution in [-0.4, -0.2) is 16.3 Å². The van der Waals surface area contributed by atoms with Crippen molar-refractivity contribution >= 4 is 52.3 Å². The fraction of sp³-hybridized carbons (Fsp3) is 0.176. The van der Waals surface area contributed by atoms with Crippen LogP contribution in [0.5, 0.6) is 0 Å². The Morgan fingerprint density at radius 2 is 1.71 bits per heavy atom. The predicted octanol–water partition coefficient (Wildman–Crippen LogP) is 4.15. The third-order valence-corrected chi connectivity index (χ3v) is 4.67. The van der Waals surface area contributed by atoms with Gasteiger partial charge in [-0.05, 0) is 62.5 Å². The number of anilines is 1. The summed E-state index contributed by atoms with van der Waals surface area (Å²) < 4.78 is 0. The molecule has 0 spiro atoms. The van der Waals surface area contributed by atoms with Gasteiger partial charge in [0.2, 0.25) is 0 Å². The van der Waals surface area contributed by atoms with Gasteiger partial charge in [-0.3, -0.25) is 15.6 Å². The summed E-state index contributed by atoms with van der Waals surface area (Å²) in [5.41, 5.74) is 7.28. The second-order valence-corrected chi connectivity index (χ2v) is 7.41. The van der Waals surface area contributed by atoms with Crippen LogP contribution >= 0.6 is 35.6 Å². The first-order valence-electron chi connectivity index (χ1n) is 7.30. The molecule has 0 aliphatic rings. The van der Waals surface area contributed by atoms with Crippen molar-refractivity contribution in [2.45, 2.75) is 24.0 Å². The molecule has 4 nitrogen and oxygen atoms in total. The maximum Gasteiger partial charge on any atom is 0.251 e. The molecule has 0 fully saturated rings. The maximum atomic E-state index is 12.1. The molecule has 2 aromatic rings. The molecule has 7 heteroatoms. The summed E-state index contributed by atoms with van der Waals surface area (Å²) in [5.74, 6) is -0.152. The topological polar surface area (TPSA) is 53.2 Å². The summed E-state index contributed by atoms with van der Waals surface area (Å²) >= 11 is 12.5. The van der Waals surface area contributed by atoms with Gasteiger partial charge in [0.1, 0.15) is 0 Å². The smallest absolute Gasteiger partial charge is 0.251 e. The molecule has 126 valence electrons. The lowest BCUT2D eigenvalue weighted by atomic mass is 10.2. The number of thioether (sulfide) groups is 1. The van der Waals surface area contributed by atoms with Gasteiger partial charge in [0.05, 0.1) is 5.25 Å². The van der Waals surface area contributed by atoms with Crippen LogP contribution in [0, 0.1) is 6.92 Å². The summed E-state index contributed by atoms with van der Waals surface area (Å²) in [4.78, 5) is 13.2. The molecule has 0 saturated carbocycles. The molecule has 0 unspecified atom stereocenters. The molecule has 0 aliphatic carbocycles. The van der Waals surface area contributed by atoms with E-state index in [1.807, 2.05) is 38.1 Å². The number of hydrogen-bond acceptors (Lipinski definition) is 3. The van der Waals surface area contributed by atoms with E-state index in [1.54, 1.807) is 24.3 Å². The molecule has 2 rings (SSSR count). The third-order valence-electron chi connectivity index (χ3n) is 3.10. The fourth-order valence-corrected chi connectivity index (χ4v) is 2.95. The van der Waals surface area contributed by atoms with E-state index in [0.29, 0.717) is 10.1 Å². The Bertz CT molecular complexity index is 705. The maximum absolute atomic E-state index is 12.1. The lowest BCUT2D eigenvalue weighted by Crippen LogP contribution is -2.46. The SMILES string of the molecule is Cc1ccc(S[C@@H](C)C(=O)NNC(=S)Nc2ccc(Cl)cc2)cc1. The van der Waals surface area contributed by atoms with Crippen LogP contribution in [0.3, 0.4) is 0 Å². The van der Waals surface area contributed by atoms with Gasteiger partial charge in [-0.15, -0.1) is 11.8 Å². The van der Waals surface area contributed by atoms with E-state index in [2.05, 4.69) is 16.2 Å². The highest BCUT2D eigenvalue weighted by Crippen LogP contribution is 2.23. The van der Waals surface area contributed by atoms with Crippen molar-refractivity contribution in [3.05, 3.63) is 59.1 Å². The largest absolute Gasteiger partial charge is 0.331 e. The number of rotatable bonds is 4. The van der Waals surface area contributed by atoms with Crippen LogP contribution in [0.4, 0.5) is 5.69 Å². The lowest BCUT2D eigenvalue weighted by Gasteiger charge is -2.15. The van der Waals surface area contributed by atoms with Gasteiger partial charge in [0, 0.05) is 15.6 Å². The molecule has 0 aliphatic heterocycles. The van der Waals surface area contributed by atoms with E-state index in [-0.39, 0.29) is 11.2 Å². The zero-order valence-electron chi connectivity index (χ0n) is 13.3. The van der Waals surface area contributed by atoms with E-state index >= 15 is 0 Å². The number of carbonyl (C=O) groups is 1. The van der Waals surface area contributed by atoms with Crippen molar-refractivity contribution in [3.8, 4) is 0 Å². The van der Waals surface area contributed by atoms with Gasteiger partial charge in [-0.2, -0.15) is 0 Å². The Balaban J connectivity index is 1.77. The van der Waals surface area contributed by atoms with Gasteiger partial charge >= 0.3 is 0 Å². The number of nitrogens with one attached hydrogen (secondary N) is 3. The molecule has 3 N–H and O–H groups in total. The number of thiocarbonyl (C=S) groups is 1. The van der Waals surface area contributed by atoms with Gasteiger partial charge in [0.25, 0.3) is 5.91 Å². The molecule has 1 amide bonds. The number of amides is 1. The van der Waals surface area contributed by atoms with E-state index in [9.17, 15) is 4.79 Å². The monoisotopic (exact) mass is 379 g/mol. The molecule has 0 saturated heterocycles. The summed E-state index contributed by atoms with van der Waals surface area (Å²) in [6.07, 6.45) is 0. The Labute approximate surface area is 156 Å². The van der Waals surface area contributed by atoms with Crippen LogP contribution in [0.1, 0.15) is 12.5 Å². The molecule has 24 heavy (non-hydrogen) atoms. The number of hydrogen-bond donors (Lipinski definition) is 3. The average Bonchev–Trinajstić information content (AvgIpc) is 2.57. The second-order valence-electron chi connectivity index (χ2n) is 5.15. The molecule has 0 aromatic heterocycles. The van der Waals surface area contributed by atoms with Crippen molar-refractivity contribution in [1.82, 2.24) is 10.9 Å². The zero-order valence-corrected chi connectivity index (χ0v) is 15.7. The average molecular weight is 380 g/mol. The Morgan fingerprint density at radius 1 is 1.08 bits per heavy atom. The number of benzene rings is 2. The summed E-state index contributed by atoms with van der Waals surface area (Å²) in [6, 6.07) is 15.2. The Morgan fingerprint density at radius 3 is 2.33 bits per heavy atom. The zero-order chi connectivity index (χ0) is 17.5. The Hall–Kier alpha value is -1.76. The highest BCUT2D eigenvalue weighted by molar-refractivity contribution is 8.00. The lowest BCUT2D eigenvalue weighted by molar-refractivity contribution is -0.120. The van der Waals surface area contributed by atoms with Gasteiger partial charge in [-0.25, -0.2) is 0 Å². The van der Waals surface area contributed by atoms with E-state index in [1.165, 1.54) is 17.3 Å². The van der Waals surface area contributed by atoms with Gasteiger partial charge in [0.15, 0.2) is 5.11 Å². The van der Waals surface area contributed by atoms with Crippen LogP contribution in [0.25, 0.3) is 0 Å². The number of halogens is 1. The third kappa shape index (κ3) is 6.03. The standard InChI is InChI=1S/C17H18ClN3OS2/c1-11-3-9-15(10-4-11)24-12(2)16(22)20-21-17(23)19-14-7-5-13(18)6-8-14/h3-10,12H,1-2H3,(H,20,22)(H2,19,21,23)/t12-/m0/s1. The van der Waals surface area contributed by atoms with Crippen LogP contribution in [0.2, 0.25) is 5.02 Å². The minimum Gasteiger partial charge on any atom is -0.331 e. The fourth-order valence-electron chi connectivity index (χ4n) is 1.79. The number of aryl methyl sites for hydroxylation is 1.